The molecular formula is C14H27NO3. The van der Waals surface area contributed by atoms with Crippen LogP contribution in [0.1, 0.15) is 51.9 Å². The van der Waals surface area contributed by atoms with E-state index in [0.717, 1.165) is 44.9 Å². The van der Waals surface area contributed by atoms with Crippen LogP contribution in [0.15, 0.2) is 0 Å². The Morgan fingerprint density at radius 1 is 1.39 bits per heavy atom. The smallest absolute Gasteiger partial charge is 0.320 e. The third-order valence-electron chi connectivity index (χ3n) is 3.65. The van der Waals surface area contributed by atoms with Crippen LogP contribution in [0.4, 0.5) is 0 Å². The lowest BCUT2D eigenvalue weighted by atomic mass is 9.94. The molecule has 2 N–H and O–H groups in total. The van der Waals surface area contributed by atoms with Crippen LogP contribution in [-0.2, 0) is 9.53 Å². The molecule has 0 radical (unpaired) electrons. The number of aliphatic carboxylic acids is 1. The number of hydrogen-bond donors (Lipinski definition) is 2. The van der Waals surface area contributed by atoms with Gasteiger partial charge in [0.25, 0.3) is 0 Å². The molecule has 1 atom stereocenters. The summed E-state index contributed by atoms with van der Waals surface area (Å²) in [4.78, 5) is 10.9. The minimum atomic E-state index is -0.721. The Bertz CT molecular complexity index is 227. The number of hydrogen-bond acceptors (Lipinski definition) is 3. The average molecular weight is 257 g/mol. The van der Waals surface area contributed by atoms with Crippen molar-refractivity contribution >= 4 is 5.97 Å². The van der Waals surface area contributed by atoms with Crippen molar-refractivity contribution in [3.63, 3.8) is 0 Å². The SMILES string of the molecule is CCCC(NCCCCC1CCOCC1)C(=O)O. The zero-order chi connectivity index (χ0) is 13.2. The monoisotopic (exact) mass is 257 g/mol. The zero-order valence-electron chi connectivity index (χ0n) is 11.5. The summed E-state index contributed by atoms with van der Waals surface area (Å²) in [5.74, 6) is 0.103. The molecule has 106 valence electrons. The Morgan fingerprint density at radius 2 is 2.11 bits per heavy atom. The summed E-state index contributed by atoms with van der Waals surface area (Å²) >= 11 is 0. The Morgan fingerprint density at radius 3 is 2.72 bits per heavy atom. The number of ether oxygens (including phenoxy) is 1. The topological polar surface area (TPSA) is 58.6 Å². The van der Waals surface area contributed by atoms with Crippen LogP contribution in [0.25, 0.3) is 0 Å². The van der Waals surface area contributed by atoms with Gasteiger partial charge in [-0.05, 0) is 38.1 Å². The lowest BCUT2D eigenvalue weighted by molar-refractivity contribution is -0.139. The van der Waals surface area contributed by atoms with Gasteiger partial charge in [-0.3, -0.25) is 4.79 Å². The van der Waals surface area contributed by atoms with Gasteiger partial charge in [-0.15, -0.1) is 0 Å². The summed E-state index contributed by atoms with van der Waals surface area (Å²) in [6.07, 6.45) is 7.54. The molecule has 1 rings (SSSR count). The quantitative estimate of drug-likeness (QED) is 0.623. The van der Waals surface area contributed by atoms with Crippen molar-refractivity contribution in [2.24, 2.45) is 5.92 Å². The van der Waals surface area contributed by atoms with Crippen molar-refractivity contribution in [1.82, 2.24) is 5.32 Å². The van der Waals surface area contributed by atoms with Crippen LogP contribution in [0.3, 0.4) is 0 Å². The highest BCUT2D eigenvalue weighted by atomic mass is 16.5. The number of unbranched alkanes of at least 4 members (excludes halogenated alkanes) is 1. The third kappa shape index (κ3) is 6.36. The first-order valence-electron chi connectivity index (χ1n) is 7.28. The second kappa shape index (κ2) is 9.34. The van der Waals surface area contributed by atoms with E-state index < -0.39 is 5.97 Å². The molecular weight excluding hydrogens is 230 g/mol. The Hall–Kier alpha value is -0.610. The van der Waals surface area contributed by atoms with Crippen molar-refractivity contribution in [1.29, 1.82) is 0 Å². The maximum atomic E-state index is 10.9. The predicted molar refractivity (Wildman–Crippen MR) is 71.7 cm³/mol. The van der Waals surface area contributed by atoms with Gasteiger partial charge >= 0.3 is 5.97 Å². The van der Waals surface area contributed by atoms with Gasteiger partial charge in [0, 0.05) is 13.2 Å². The van der Waals surface area contributed by atoms with Crippen molar-refractivity contribution in [3.05, 3.63) is 0 Å². The number of carbonyl (C=O) groups is 1. The van der Waals surface area contributed by atoms with E-state index in [9.17, 15) is 4.79 Å². The fourth-order valence-corrected chi connectivity index (χ4v) is 2.47. The standard InChI is InChI=1S/C14H27NO3/c1-2-5-13(14(16)17)15-9-4-3-6-12-7-10-18-11-8-12/h12-13,15H,2-11H2,1H3,(H,16,17). The van der Waals surface area contributed by atoms with Crippen LogP contribution in [0.5, 0.6) is 0 Å². The first-order chi connectivity index (χ1) is 8.74. The molecule has 0 aromatic heterocycles. The predicted octanol–water partition coefficient (Wildman–Crippen LogP) is 2.43. The summed E-state index contributed by atoms with van der Waals surface area (Å²) in [6, 6.07) is -0.363. The van der Waals surface area contributed by atoms with E-state index in [-0.39, 0.29) is 6.04 Å². The molecule has 0 bridgehead atoms. The summed E-state index contributed by atoms with van der Waals surface area (Å²) < 4.78 is 5.33. The molecule has 4 nitrogen and oxygen atoms in total. The van der Waals surface area contributed by atoms with Gasteiger partial charge in [0.15, 0.2) is 0 Å². The van der Waals surface area contributed by atoms with Gasteiger partial charge in [0.1, 0.15) is 6.04 Å². The highest BCUT2D eigenvalue weighted by Gasteiger charge is 2.15. The van der Waals surface area contributed by atoms with Crippen molar-refractivity contribution in [2.75, 3.05) is 19.8 Å². The van der Waals surface area contributed by atoms with Gasteiger partial charge < -0.3 is 15.2 Å². The van der Waals surface area contributed by atoms with Crippen molar-refractivity contribution in [2.45, 2.75) is 57.9 Å². The molecule has 1 unspecified atom stereocenters. The molecule has 0 aromatic rings. The molecule has 1 saturated heterocycles. The second-order valence-corrected chi connectivity index (χ2v) is 5.19. The molecule has 0 aliphatic carbocycles. The van der Waals surface area contributed by atoms with E-state index in [1.54, 1.807) is 0 Å². The van der Waals surface area contributed by atoms with Crippen molar-refractivity contribution < 1.29 is 14.6 Å². The number of carboxylic acid groups (broad SMARTS) is 1. The molecule has 0 aromatic carbocycles. The van der Waals surface area contributed by atoms with E-state index in [0.29, 0.717) is 0 Å². The summed E-state index contributed by atoms with van der Waals surface area (Å²) in [6.45, 7) is 4.67. The van der Waals surface area contributed by atoms with Gasteiger partial charge in [-0.2, -0.15) is 0 Å². The molecule has 18 heavy (non-hydrogen) atoms. The van der Waals surface area contributed by atoms with Gasteiger partial charge in [-0.1, -0.05) is 26.2 Å². The van der Waals surface area contributed by atoms with E-state index in [1.165, 1.54) is 25.7 Å². The Balaban J connectivity index is 2.01. The van der Waals surface area contributed by atoms with E-state index >= 15 is 0 Å². The highest BCUT2D eigenvalue weighted by Crippen LogP contribution is 2.20. The van der Waals surface area contributed by atoms with Crippen molar-refractivity contribution in [3.8, 4) is 0 Å². The molecule has 1 aliphatic heterocycles. The van der Waals surface area contributed by atoms with Crippen LogP contribution in [0, 0.1) is 5.92 Å². The highest BCUT2D eigenvalue weighted by molar-refractivity contribution is 5.73. The van der Waals surface area contributed by atoms with Crippen LogP contribution < -0.4 is 5.32 Å². The van der Waals surface area contributed by atoms with Gasteiger partial charge in [-0.25, -0.2) is 0 Å². The second-order valence-electron chi connectivity index (χ2n) is 5.19. The largest absolute Gasteiger partial charge is 0.480 e. The summed E-state index contributed by atoms with van der Waals surface area (Å²) in [7, 11) is 0. The fourth-order valence-electron chi connectivity index (χ4n) is 2.47. The van der Waals surface area contributed by atoms with E-state index in [2.05, 4.69) is 5.32 Å². The minimum absolute atomic E-state index is 0.363. The maximum absolute atomic E-state index is 10.9. The average Bonchev–Trinajstić information content (AvgIpc) is 2.38. The Labute approximate surface area is 110 Å². The van der Waals surface area contributed by atoms with Gasteiger partial charge in [0.05, 0.1) is 0 Å². The lowest BCUT2D eigenvalue weighted by Gasteiger charge is -2.21. The van der Waals surface area contributed by atoms with Gasteiger partial charge in [0.2, 0.25) is 0 Å². The molecule has 1 heterocycles. The molecule has 0 spiro atoms. The van der Waals surface area contributed by atoms with Crippen LogP contribution >= 0.6 is 0 Å². The summed E-state index contributed by atoms with van der Waals surface area (Å²) in [5, 5.41) is 12.1. The zero-order valence-corrected chi connectivity index (χ0v) is 11.5. The maximum Gasteiger partial charge on any atom is 0.320 e. The fraction of sp³-hybridized carbons (Fsp3) is 0.929. The number of rotatable bonds is 9. The molecule has 1 fully saturated rings. The number of carboxylic acids is 1. The summed E-state index contributed by atoms with van der Waals surface area (Å²) in [5.41, 5.74) is 0. The number of nitrogens with one attached hydrogen (secondary N) is 1. The minimum Gasteiger partial charge on any atom is -0.480 e. The Kier molecular flexibility index (Phi) is 8.01. The normalized spacial score (nSPS) is 18.7. The lowest BCUT2D eigenvalue weighted by Crippen LogP contribution is -2.37. The first-order valence-corrected chi connectivity index (χ1v) is 7.28. The van der Waals surface area contributed by atoms with E-state index in [1.807, 2.05) is 6.92 Å². The molecule has 0 amide bonds. The van der Waals surface area contributed by atoms with E-state index in [4.69, 9.17) is 9.84 Å². The first kappa shape index (κ1) is 15.4. The van der Waals surface area contributed by atoms with Crippen LogP contribution in [-0.4, -0.2) is 36.9 Å². The molecule has 4 heteroatoms. The molecule has 0 saturated carbocycles. The molecule has 1 aliphatic rings. The third-order valence-corrected chi connectivity index (χ3v) is 3.65. The van der Waals surface area contributed by atoms with Crippen LogP contribution in [0.2, 0.25) is 0 Å².